The highest BCUT2D eigenvalue weighted by Gasteiger charge is 2.17. The number of hydrogen-bond donors (Lipinski definition) is 1. The number of unbranched alkanes of at least 4 members (excludes halogenated alkanes) is 3. The fourth-order valence-electron chi connectivity index (χ4n) is 2.48. The molecule has 0 radical (unpaired) electrons. The topological polar surface area (TPSA) is 32.5 Å². The molecule has 1 unspecified atom stereocenters. The van der Waals surface area contributed by atoms with Crippen molar-refractivity contribution in [2.24, 2.45) is 11.7 Å². The van der Waals surface area contributed by atoms with Gasteiger partial charge in [0, 0.05) is 32.2 Å². The van der Waals surface area contributed by atoms with E-state index in [-0.39, 0.29) is 0 Å². The Morgan fingerprint density at radius 1 is 1.00 bits per heavy atom. The summed E-state index contributed by atoms with van der Waals surface area (Å²) in [7, 11) is 4.29. The van der Waals surface area contributed by atoms with Gasteiger partial charge in [-0.2, -0.15) is 0 Å². The summed E-state index contributed by atoms with van der Waals surface area (Å²) < 4.78 is 0. The predicted octanol–water partition coefficient (Wildman–Crippen LogP) is 2.80. The quantitative estimate of drug-likeness (QED) is 0.554. The zero-order valence-corrected chi connectivity index (χ0v) is 14.0. The van der Waals surface area contributed by atoms with Crippen LogP contribution in [0.25, 0.3) is 0 Å². The monoisotopic (exact) mass is 271 g/mol. The molecule has 0 aliphatic rings. The van der Waals surface area contributed by atoms with E-state index in [4.69, 9.17) is 5.73 Å². The van der Waals surface area contributed by atoms with Crippen LogP contribution in [-0.4, -0.2) is 56.1 Å². The highest BCUT2D eigenvalue weighted by atomic mass is 15.2. The zero-order chi connectivity index (χ0) is 14.7. The summed E-state index contributed by atoms with van der Waals surface area (Å²) in [5.74, 6) is 0.715. The van der Waals surface area contributed by atoms with E-state index in [1.807, 2.05) is 0 Å². The van der Waals surface area contributed by atoms with Crippen molar-refractivity contribution in [2.45, 2.75) is 58.9 Å². The molecule has 19 heavy (non-hydrogen) atoms. The number of nitrogens with two attached hydrogens (primary N) is 1. The number of nitrogens with zero attached hydrogens (tertiary/aromatic N) is 2. The van der Waals surface area contributed by atoms with Crippen LogP contribution >= 0.6 is 0 Å². The predicted molar refractivity (Wildman–Crippen MR) is 86.6 cm³/mol. The van der Waals surface area contributed by atoms with Gasteiger partial charge in [-0.05, 0) is 26.4 Å². The first kappa shape index (κ1) is 18.9. The standard InChI is InChI=1S/C16H37N3/c1-6-7-8-9-10-16(13-17)19(14-15(2)3)12-11-18(4)5/h15-16H,6-14,17H2,1-5H3. The summed E-state index contributed by atoms with van der Waals surface area (Å²) in [5.41, 5.74) is 6.02. The lowest BCUT2D eigenvalue weighted by Crippen LogP contribution is -2.45. The van der Waals surface area contributed by atoms with Crippen LogP contribution in [0.2, 0.25) is 0 Å². The molecule has 0 saturated carbocycles. The maximum atomic E-state index is 6.02. The Hall–Kier alpha value is -0.120. The molecule has 3 heteroatoms. The molecule has 0 aromatic carbocycles. The first-order valence-electron chi connectivity index (χ1n) is 8.10. The van der Waals surface area contributed by atoms with Gasteiger partial charge in [-0.1, -0.05) is 46.5 Å². The second-order valence-electron chi connectivity index (χ2n) is 6.43. The molecule has 0 heterocycles. The van der Waals surface area contributed by atoms with Gasteiger partial charge in [0.05, 0.1) is 0 Å². The molecule has 0 rings (SSSR count). The van der Waals surface area contributed by atoms with Gasteiger partial charge >= 0.3 is 0 Å². The van der Waals surface area contributed by atoms with Gasteiger partial charge in [0.1, 0.15) is 0 Å². The molecule has 2 N–H and O–H groups in total. The van der Waals surface area contributed by atoms with Gasteiger partial charge in [-0.15, -0.1) is 0 Å². The summed E-state index contributed by atoms with van der Waals surface area (Å²) in [6, 6.07) is 0.569. The summed E-state index contributed by atoms with van der Waals surface area (Å²) in [6.07, 6.45) is 6.61. The Balaban J connectivity index is 4.23. The van der Waals surface area contributed by atoms with Crippen LogP contribution in [-0.2, 0) is 0 Å². The third-order valence-electron chi connectivity index (χ3n) is 3.61. The summed E-state index contributed by atoms with van der Waals surface area (Å²) in [6.45, 7) is 11.1. The molecular formula is C16H37N3. The van der Waals surface area contributed by atoms with Gasteiger partial charge in [0.15, 0.2) is 0 Å². The molecule has 0 aliphatic carbocycles. The third-order valence-corrected chi connectivity index (χ3v) is 3.61. The van der Waals surface area contributed by atoms with Gasteiger partial charge in [-0.3, -0.25) is 4.90 Å². The van der Waals surface area contributed by atoms with Gasteiger partial charge < -0.3 is 10.6 Å². The van der Waals surface area contributed by atoms with Gasteiger partial charge in [0.2, 0.25) is 0 Å². The molecule has 0 saturated heterocycles. The second kappa shape index (κ2) is 11.7. The maximum Gasteiger partial charge on any atom is 0.0219 e. The van der Waals surface area contributed by atoms with E-state index in [1.165, 1.54) is 38.6 Å². The molecule has 116 valence electrons. The van der Waals surface area contributed by atoms with Crippen LogP contribution in [0.4, 0.5) is 0 Å². The smallest absolute Gasteiger partial charge is 0.0219 e. The largest absolute Gasteiger partial charge is 0.329 e. The molecule has 0 aromatic heterocycles. The number of rotatable bonds is 12. The molecule has 3 nitrogen and oxygen atoms in total. The molecule has 0 amide bonds. The third kappa shape index (κ3) is 10.3. The lowest BCUT2D eigenvalue weighted by molar-refractivity contribution is 0.154. The fourth-order valence-corrected chi connectivity index (χ4v) is 2.48. The average Bonchev–Trinajstić information content (AvgIpc) is 2.34. The van der Waals surface area contributed by atoms with Crippen LogP contribution in [0.1, 0.15) is 52.9 Å². The Morgan fingerprint density at radius 2 is 1.68 bits per heavy atom. The molecule has 0 bridgehead atoms. The first-order valence-corrected chi connectivity index (χ1v) is 8.10. The van der Waals surface area contributed by atoms with E-state index >= 15 is 0 Å². The van der Waals surface area contributed by atoms with E-state index in [1.54, 1.807) is 0 Å². The van der Waals surface area contributed by atoms with Crippen molar-refractivity contribution in [3.63, 3.8) is 0 Å². The minimum absolute atomic E-state index is 0.569. The maximum absolute atomic E-state index is 6.02. The highest BCUT2D eigenvalue weighted by molar-refractivity contribution is 4.74. The second-order valence-corrected chi connectivity index (χ2v) is 6.43. The summed E-state index contributed by atoms with van der Waals surface area (Å²) >= 11 is 0. The molecule has 0 spiro atoms. The molecule has 1 atom stereocenters. The summed E-state index contributed by atoms with van der Waals surface area (Å²) in [5, 5.41) is 0. The number of likely N-dealkylation sites (N-methyl/N-ethyl adjacent to an activating group) is 1. The molecule has 0 aromatic rings. The normalized spacial score (nSPS) is 13.7. The van der Waals surface area contributed by atoms with E-state index in [0.29, 0.717) is 12.0 Å². The van der Waals surface area contributed by atoms with Gasteiger partial charge in [0.25, 0.3) is 0 Å². The van der Waals surface area contributed by atoms with Gasteiger partial charge in [-0.25, -0.2) is 0 Å². The SMILES string of the molecule is CCCCCCC(CN)N(CCN(C)C)CC(C)C. The van der Waals surface area contributed by atoms with Crippen molar-refractivity contribution in [3.8, 4) is 0 Å². The van der Waals surface area contributed by atoms with Crippen molar-refractivity contribution < 1.29 is 0 Å². The van der Waals surface area contributed by atoms with Crippen molar-refractivity contribution >= 4 is 0 Å². The van der Waals surface area contributed by atoms with Crippen LogP contribution in [0.15, 0.2) is 0 Å². The Morgan fingerprint density at radius 3 is 2.16 bits per heavy atom. The van der Waals surface area contributed by atoms with Crippen molar-refractivity contribution in [3.05, 3.63) is 0 Å². The number of hydrogen-bond acceptors (Lipinski definition) is 3. The summed E-state index contributed by atoms with van der Waals surface area (Å²) in [4.78, 5) is 4.87. The van der Waals surface area contributed by atoms with Crippen LogP contribution in [0.3, 0.4) is 0 Å². The highest BCUT2D eigenvalue weighted by Crippen LogP contribution is 2.12. The minimum atomic E-state index is 0.569. The lowest BCUT2D eigenvalue weighted by atomic mass is 10.0. The van der Waals surface area contributed by atoms with E-state index in [0.717, 1.165) is 19.6 Å². The van der Waals surface area contributed by atoms with Crippen molar-refractivity contribution in [2.75, 3.05) is 40.3 Å². The van der Waals surface area contributed by atoms with Crippen molar-refractivity contribution in [1.82, 2.24) is 9.80 Å². The Bertz CT molecular complexity index is 192. The average molecular weight is 271 g/mol. The zero-order valence-electron chi connectivity index (χ0n) is 14.0. The molecule has 0 aliphatic heterocycles. The Kier molecular flexibility index (Phi) is 11.6. The van der Waals surface area contributed by atoms with Crippen LogP contribution < -0.4 is 5.73 Å². The van der Waals surface area contributed by atoms with Crippen LogP contribution in [0, 0.1) is 5.92 Å². The fraction of sp³-hybridized carbons (Fsp3) is 1.00. The molecule has 0 fully saturated rings. The lowest BCUT2D eigenvalue weighted by Gasteiger charge is -2.33. The molecular weight excluding hydrogens is 234 g/mol. The minimum Gasteiger partial charge on any atom is -0.329 e. The van der Waals surface area contributed by atoms with E-state index in [9.17, 15) is 0 Å². The van der Waals surface area contributed by atoms with E-state index < -0.39 is 0 Å². The van der Waals surface area contributed by atoms with Crippen molar-refractivity contribution in [1.29, 1.82) is 0 Å². The first-order chi connectivity index (χ1) is 9.01. The Labute approximate surface area is 121 Å². The van der Waals surface area contributed by atoms with E-state index in [2.05, 4.69) is 44.7 Å². The van der Waals surface area contributed by atoms with Crippen LogP contribution in [0.5, 0.6) is 0 Å².